The molecule has 1 aromatic heterocycles. The van der Waals surface area contributed by atoms with E-state index in [9.17, 15) is 8.42 Å². The van der Waals surface area contributed by atoms with Crippen LogP contribution in [0.1, 0.15) is 13.8 Å². The van der Waals surface area contributed by atoms with Gasteiger partial charge in [-0.3, -0.25) is 9.71 Å². The number of fused-ring (bicyclic) bond motifs is 1. The standard InChI is InChI=1S/C16H20N2O3S2/c1-12(2)6-8-22-11-23(19,20)18-15-10-14(21-3)9-13-5-4-7-17-16(13)15/h4-10,12,18H,11H2,1-3H3/b8-6-. The number of sulfonamides is 1. The molecule has 0 bridgehead atoms. The molecule has 0 atom stereocenters. The van der Waals surface area contributed by atoms with E-state index in [2.05, 4.69) is 9.71 Å². The van der Waals surface area contributed by atoms with Gasteiger partial charge in [0.1, 0.15) is 10.8 Å². The molecule has 0 amide bonds. The van der Waals surface area contributed by atoms with Crippen molar-refractivity contribution in [3.63, 3.8) is 0 Å². The molecule has 1 N–H and O–H groups in total. The molecule has 5 nitrogen and oxygen atoms in total. The van der Waals surface area contributed by atoms with E-state index in [1.807, 2.05) is 37.5 Å². The van der Waals surface area contributed by atoms with E-state index < -0.39 is 10.0 Å². The normalized spacial score (nSPS) is 12.2. The first-order valence-electron chi connectivity index (χ1n) is 7.13. The molecule has 0 aliphatic carbocycles. The van der Waals surface area contributed by atoms with E-state index in [1.165, 1.54) is 11.8 Å². The summed E-state index contributed by atoms with van der Waals surface area (Å²) in [4.78, 5) is 4.26. The van der Waals surface area contributed by atoms with Crippen LogP contribution < -0.4 is 9.46 Å². The number of anilines is 1. The summed E-state index contributed by atoms with van der Waals surface area (Å²) in [6, 6.07) is 7.12. The van der Waals surface area contributed by atoms with Crippen LogP contribution >= 0.6 is 11.8 Å². The molecule has 1 aromatic carbocycles. The van der Waals surface area contributed by atoms with Gasteiger partial charge in [-0.25, -0.2) is 8.42 Å². The van der Waals surface area contributed by atoms with Gasteiger partial charge in [0.15, 0.2) is 0 Å². The fourth-order valence-corrected chi connectivity index (χ4v) is 4.08. The average molecular weight is 352 g/mol. The van der Waals surface area contributed by atoms with Gasteiger partial charge in [0.05, 0.1) is 18.3 Å². The highest BCUT2D eigenvalue weighted by molar-refractivity contribution is 8.14. The Hall–Kier alpha value is -1.73. The van der Waals surface area contributed by atoms with E-state index in [0.717, 1.165) is 5.39 Å². The van der Waals surface area contributed by atoms with Crippen molar-refractivity contribution in [1.82, 2.24) is 4.98 Å². The molecule has 0 saturated carbocycles. The lowest BCUT2D eigenvalue weighted by Crippen LogP contribution is -2.15. The van der Waals surface area contributed by atoms with Crippen molar-refractivity contribution in [3.8, 4) is 5.75 Å². The number of nitrogens with one attached hydrogen (secondary N) is 1. The van der Waals surface area contributed by atoms with Gasteiger partial charge in [0.2, 0.25) is 10.0 Å². The number of methoxy groups -OCH3 is 1. The fourth-order valence-electron chi connectivity index (χ4n) is 1.90. The molecule has 0 spiro atoms. The third kappa shape index (κ3) is 5.14. The Morgan fingerprint density at radius 2 is 2.17 bits per heavy atom. The molecule has 0 unspecified atom stereocenters. The average Bonchev–Trinajstić information content (AvgIpc) is 2.51. The second-order valence-corrected chi connectivity index (χ2v) is 8.31. The summed E-state index contributed by atoms with van der Waals surface area (Å²) in [5.74, 6) is 0.972. The molecule has 2 rings (SSSR count). The summed E-state index contributed by atoms with van der Waals surface area (Å²) in [6.45, 7) is 4.08. The van der Waals surface area contributed by atoms with E-state index >= 15 is 0 Å². The molecule has 23 heavy (non-hydrogen) atoms. The molecule has 7 heteroatoms. The number of pyridine rings is 1. The van der Waals surface area contributed by atoms with E-state index in [1.54, 1.807) is 25.4 Å². The van der Waals surface area contributed by atoms with Crippen molar-refractivity contribution in [2.75, 3.05) is 16.9 Å². The molecular formula is C16H20N2O3S2. The first kappa shape index (κ1) is 17.6. The van der Waals surface area contributed by atoms with Crippen LogP contribution in [0.25, 0.3) is 10.9 Å². The van der Waals surface area contributed by atoms with Gasteiger partial charge >= 0.3 is 0 Å². The number of ether oxygens (including phenoxy) is 1. The Morgan fingerprint density at radius 1 is 1.39 bits per heavy atom. The third-order valence-corrected chi connectivity index (χ3v) is 5.63. The summed E-state index contributed by atoms with van der Waals surface area (Å²) in [7, 11) is -1.94. The van der Waals surface area contributed by atoms with Gasteiger partial charge < -0.3 is 4.74 Å². The second-order valence-electron chi connectivity index (χ2n) is 5.32. The summed E-state index contributed by atoms with van der Waals surface area (Å²) < 4.78 is 32.3. The molecule has 0 saturated heterocycles. The van der Waals surface area contributed by atoms with E-state index in [4.69, 9.17) is 4.74 Å². The van der Waals surface area contributed by atoms with E-state index in [-0.39, 0.29) is 5.08 Å². The molecular weight excluding hydrogens is 332 g/mol. The lowest BCUT2D eigenvalue weighted by Gasteiger charge is -2.11. The zero-order valence-electron chi connectivity index (χ0n) is 13.3. The van der Waals surface area contributed by atoms with Crippen LogP contribution in [0.5, 0.6) is 5.75 Å². The summed E-state index contributed by atoms with van der Waals surface area (Å²) in [5, 5.41) is 2.57. The zero-order chi connectivity index (χ0) is 16.9. The molecule has 0 fully saturated rings. The van der Waals surface area contributed by atoms with E-state index in [0.29, 0.717) is 22.9 Å². The lowest BCUT2D eigenvalue weighted by atomic mass is 10.2. The highest BCUT2D eigenvalue weighted by Crippen LogP contribution is 2.28. The van der Waals surface area contributed by atoms with Crippen LogP contribution in [0.3, 0.4) is 0 Å². The molecule has 1 heterocycles. The third-order valence-electron chi connectivity index (χ3n) is 2.96. The van der Waals surface area contributed by atoms with Gasteiger partial charge in [0.25, 0.3) is 0 Å². The minimum absolute atomic E-state index is 0.0538. The van der Waals surface area contributed by atoms with Crippen molar-refractivity contribution < 1.29 is 13.2 Å². The predicted octanol–water partition coefficient (Wildman–Crippen LogP) is 3.85. The molecule has 0 radical (unpaired) electrons. The Morgan fingerprint density at radius 3 is 2.87 bits per heavy atom. The number of rotatable bonds is 7. The Balaban J connectivity index is 2.23. The highest BCUT2D eigenvalue weighted by atomic mass is 32.3. The maximum Gasteiger partial charge on any atom is 0.242 e. The minimum atomic E-state index is -3.48. The molecule has 0 aliphatic rings. The van der Waals surface area contributed by atoms with Gasteiger partial charge in [-0.1, -0.05) is 26.0 Å². The summed E-state index contributed by atoms with van der Waals surface area (Å²) >= 11 is 1.24. The second kappa shape index (κ2) is 7.70. The molecule has 2 aromatic rings. The van der Waals surface area contributed by atoms with Crippen LogP contribution in [-0.4, -0.2) is 25.6 Å². The van der Waals surface area contributed by atoms with Crippen LogP contribution in [0, 0.1) is 5.92 Å². The smallest absolute Gasteiger partial charge is 0.242 e. The number of hydrogen-bond acceptors (Lipinski definition) is 5. The number of hydrogen-bond donors (Lipinski definition) is 1. The maximum absolute atomic E-state index is 12.3. The number of nitrogens with zero attached hydrogens (tertiary/aromatic N) is 1. The summed E-state index contributed by atoms with van der Waals surface area (Å²) in [5.41, 5.74) is 1.02. The largest absolute Gasteiger partial charge is 0.497 e. The summed E-state index contributed by atoms with van der Waals surface area (Å²) in [6.07, 6.45) is 3.59. The van der Waals surface area contributed by atoms with Crippen LogP contribution in [0.2, 0.25) is 0 Å². The Labute approximate surface area is 141 Å². The molecule has 0 aliphatic heterocycles. The van der Waals surface area contributed by atoms with Crippen molar-refractivity contribution >= 4 is 38.4 Å². The van der Waals surface area contributed by atoms with Crippen LogP contribution in [-0.2, 0) is 10.0 Å². The van der Waals surface area contributed by atoms with Crippen LogP contribution in [0.15, 0.2) is 41.9 Å². The zero-order valence-corrected chi connectivity index (χ0v) is 14.9. The van der Waals surface area contributed by atoms with Crippen molar-refractivity contribution in [2.24, 2.45) is 5.92 Å². The van der Waals surface area contributed by atoms with Gasteiger partial charge in [-0.2, -0.15) is 0 Å². The first-order valence-corrected chi connectivity index (χ1v) is 9.83. The van der Waals surface area contributed by atoms with Gasteiger partial charge in [-0.05, 0) is 23.5 Å². The Bertz CT molecular complexity index is 802. The lowest BCUT2D eigenvalue weighted by molar-refractivity contribution is 0.415. The van der Waals surface area contributed by atoms with Crippen molar-refractivity contribution in [2.45, 2.75) is 13.8 Å². The van der Waals surface area contributed by atoms with Crippen molar-refractivity contribution in [3.05, 3.63) is 41.9 Å². The topological polar surface area (TPSA) is 68.3 Å². The first-order chi connectivity index (χ1) is 10.9. The van der Waals surface area contributed by atoms with Gasteiger partial charge in [-0.15, -0.1) is 11.8 Å². The maximum atomic E-state index is 12.3. The number of allylic oxidation sites excluding steroid dienone is 1. The Kier molecular flexibility index (Phi) is 5.90. The number of thioether (sulfide) groups is 1. The highest BCUT2D eigenvalue weighted by Gasteiger charge is 2.14. The predicted molar refractivity (Wildman–Crippen MR) is 97.3 cm³/mol. The quantitative estimate of drug-likeness (QED) is 0.820. The number of benzene rings is 1. The van der Waals surface area contributed by atoms with Gasteiger partial charge in [0, 0.05) is 17.6 Å². The minimum Gasteiger partial charge on any atom is -0.497 e. The monoisotopic (exact) mass is 352 g/mol. The van der Waals surface area contributed by atoms with Crippen LogP contribution in [0.4, 0.5) is 5.69 Å². The number of aromatic nitrogens is 1. The molecule has 124 valence electrons. The fraction of sp³-hybridized carbons (Fsp3) is 0.312. The SMILES string of the molecule is COc1cc(NS(=O)(=O)CS/C=C\C(C)C)c2ncccc2c1. The van der Waals surface area contributed by atoms with Crippen molar-refractivity contribution in [1.29, 1.82) is 0 Å².